The Morgan fingerprint density at radius 2 is 0.745 bits per heavy atom. The molecule has 0 rings (SSSR count). The summed E-state index contributed by atoms with van der Waals surface area (Å²) < 4.78 is 0. The molecule has 14 heteroatoms. The fourth-order valence-electron chi connectivity index (χ4n) is 6.37. The van der Waals surface area contributed by atoms with Crippen molar-refractivity contribution < 1.29 is 19.2 Å². The molecule has 0 aliphatic heterocycles. The minimum atomic E-state index is -0.599. The first-order valence-corrected chi connectivity index (χ1v) is 21.9. The number of guanidine groups is 2. The highest BCUT2D eigenvalue weighted by atomic mass is 16.2. The number of hydrogen-bond acceptors (Lipinski definition) is 6. The van der Waals surface area contributed by atoms with Gasteiger partial charge in [-0.15, -0.1) is 0 Å². The van der Waals surface area contributed by atoms with E-state index in [0.717, 1.165) is 83.5 Å². The lowest BCUT2D eigenvalue weighted by Crippen LogP contribution is -2.47. The first kappa shape index (κ1) is 51.4. The fourth-order valence-corrected chi connectivity index (χ4v) is 6.37. The molecule has 0 aliphatic rings. The number of rotatable bonds is 38. The van der Waals surface area contributed by atoms with Crippen LogP contribution in [-0.4, -0.2) is 73.8 Å². The van der Waals surface area contributed by atoms with Crippen LogP contribution in [0.3, 0.4) is 0 Å². The van der Waals surface area contributed by atoms with Crippen LogP contribution >= 0.6 is 0 Å². The molecule has 0 aromatic rings. The van der Waals surface area contributed by atoms with E-state index in [2.05, 4.69) is 45.1 Å². The second kappa shape index (κ2) is 37.3. The van der Waals surface area contributed by atoms with E-state index in [9.17, 15) is 19.2 Å². The SMILES string of the molecule is CCCCCCCCCC(=O)N[C@@H](CCCN=C(N)N)C(=O)NCCCCCCCCCNC(=O)[C@H](CCCN=C(N)N)NC(=O)CCCCCCCCC. The Hall–Kier alpha value is -3.58. The van der Waals surface area contributed by atoms with Crippen molar-refractivity contribution in [2.75, 3.05) is 26.2 Å². The van der Waals surface area contributed by atoms with Crippen LogP contribution in [-0.2, 0) is 19.2 Å². The lowest BCUT2D eigenvalue weighted by Gasteiger charge is -2.18. The van der Waals surface area contributed by atoms with Gasteiger partial charge in [0.25, 0.3) is 0 Å². The largest absolute Gasteiger partial charge is 0.370 e. The van der Waals surface area contributed by atoms with Gasteiger partial charge in [0.2, 0.25) is 23.6 Å². The van der Waals surface area contributed by atoms with Crippen molar-refractivity contribution >= 4 is 35.5 Å². The quantitative estimate of drug-likeness (QED) is 0.0231. The van der Waals surface area contributed by atoms with Crippen LogP contribution in [0.2, 0.25) is 0 Å². The van der Waals surface area contributed by atoms with E-state index in [1.54, 1.807) is 0 Å². The number of hydrogen-bond donors (Lipinski definition) is 8. The molecule has 0 unspecified atom stereocenters. The van der Waals surface area contributed by atoms with Crippen LogP contribution in [0, 0.1) is 0 Å². The van der Waals surface area contributed by atoms with E-state index < -0.39 is 12.1 Å². The molecule has 0 saturated heterocycles. The number of unbranched alkanes of at least 4 members (excludes halogenated alkanes) is 18. The molecule has 0 spiro atoms. The van der Waals surface area contributed by atoms with Gasteiger partial charge in [0.05, 0.1) is 0 Å². The summed E-state index contributed by atoms with van der Waals surface area (Å²) in [5.41, 5.74) is 21.7. The van der Waals surface area contributed by atoms with E-state index in [4.69, 9.17) is 22.9 Å². The molecule has 55 heavy (non-hydrogen) atoms. The number of aliphatic imine (C=N–C) groups is 2. The van der Waals surface area contributed by atoms with Crippen molar-refractivity contribution in [3.63, 3.8) is 0 Å². The Kier molecular flexibility index (Phi) is 34.9. The van der Waals surface area contributed by atoms with Crippen molar-refractivity contribution in [3.05, 3.63) is 0 Å². The summed E-state index contributed by atoms with van der Waals surface area (Å²) in [6.07, 6.45) is 25.8. The Morgan fingerprint density at radius 1 is 0.436 bits per heavy atom. The molecule has 0 bridgehead atoms. The van der Waals surface area contributed by atoms with E-state index in [-0.39, 0.29) is 35.5 Å². The van der Waals surface area contributed by atoms with Gasteiger partial charge in [-0.3, -0.25) is 29.2 Å². The predicted molar refractivity (Wildman–Crippen MR) is 227 cm³/mol. The molecule has 0 saturated carbocycles. The van der Waals surface area contributed by atoms with Gasteiger partial charge in [-0.25, -0.2) is 0 Å². The number of nitrogens with two attached hydrogens (primary N) is 4. The standard InChI is InChI=1S/C41H82N10O4/c1-3-5-7-9-12-16-20-28-36(52)50-34(26-24-32-48-40(42)43)38(54)46-30-22-18-14-11-15-19-23-31-47-39(55)35(27-25-33-49-41(44)45)51-37(53)29-21-17-13-10-8-6-4-2/h34-35H,3-33H2,1-2H3,(H,46,54)(H,47,55)(H,50,52)(H,51,53)(H4,42,43,48)(H4,44,45,49)/t34-,35-/m0/s1. The average Bonchev–Trinajstić information content (AvgIpc) is 3.15. The summed E-state index contributed by atoms with van der Waals surface area (Å²) in [5.74, 6) is -0.468. The van der Waals surface area contributed by atoms with E-state index >= 15 is 0 Å². The summed E-state index contributed by atoms with van der Waals surface area (Å²) >= 11 is 0. The number of nitrogens with one attached hydrogen (secondary N) is 4. The maximum Gasteiger partial charge on any atom is 0.242 e. The lowest BCUT2D eigenvalue weighted by atomic mass is 10.1. The lowest BCUT2D eigenvalue weighted by molar-refractivity contribution is -0.129. The van der Waals surface area contributed by atoms with Crippen LogP contribution in [0.1, 0.15) is 187 Å². The first-order chi connectivity index (χ1) is 26.6. The van der Waals surface area contributed by atoms with Crippen LogP contribution in [0.4, 0.5) is 0 Å². The number of amides is 4. The van der Waals surface area contributed by atoms with Gasteiger partial charge >= 0.3 is 0 Å². The monoisotopic (exact) mass is 779 g/mol. The summed E-state index contributed by atoms with van der Waals surface area (Å²) in [7, 11) is 0. The predicted octanol–water partition coefficient (Wildman–Crippen LogP) is 5.31. The third kappa shape index (κ3) is 34.6. The van der Waals surface area contributed by atoms with Crippen LogP contribution in [0.15, 0.2) is 9.98 Å². The molecule has 0 aromatic heterocycles. The Labute approximate surface area is 333 Å². The highest BCUT2D eigenvalue weighted by Gasteiger charge is 2.21. The highest BCUT2D eigenvalue weighted by Crippen LogP contribution is 2.11. The van der Waals surface area contributed by atoms with Gasteiger partial charge in [-0.1, -0.05) is 123 Å². The summed E-state index contributed by atoms with van der Waals surface area (Å²) in [5, 5.41) is 11.9. The molecule has 0 heterocycles. The van der Waals surface area contributed by atoms with E-state index in [0.29, 0.717) is 64.7 Å². The topological polar surface area (TPSA) is 245 Å². The smallest absolute Gasteiger partial charge is 0.242 e. The third-order valence-electron chi connectivity index (χ3n) is 9.66. The van der Waals surface area contributed by atoms with Crippen LogP contribution in [0.25, 0.3) is 0 Å². The molecule has 12 N–H and O–H groups in total. The second-order valence-electron chi connectivity index (χ2n) is 14.9. The molecule has 0 aliphatic carbocycles. The zero-order valence-electron chi connectivity index (χ0n) is 34.9. The fraction of sp³-hybridized carbons (Fsp3) is 0.854. The van der Waals surface area contributed by atoms with Gasteiger partial charge < -0.3 is 44.2 Å². The van der Waals surface area contributed by atoms with E-state index in [1.807, 2.05) is 0 Å². The number of carbonyl (C=O) groups is 4. The van der Waals surface area contributed by atoms with Crippen molar-refractivity contribution in [1.82, 2.24) is 21.3 Å². The van der Waals surface area contributed by atoms with Gasteiger partial charge in [-0.05, 0) is 51.4 Å². The Balaban J connectivity index is 4.38. The zero-order chi connectivity index (χ0) is 40.8. The number of nitrogens with zero attached hydrogens (tertiary/aromatic N) is 2. The molecular formula is C41H82N10O4. The van der Waals surface area contributed by atoms with Crippen molar-refractivity contribution in [1.29, 1.82) is 0 Å². The molecule has 0 aromatic carbocycles. The summed E-state index contributed by atoms with van der Waals surface area (Å²) in [6.45, 7) is 6.34. The normalized spacial score (nSPS) is 12.0. The molecule has 0 radical (unpaired) electrons. The third-order valence-corrected chi connectivity index (χ3v) is 9.66. The van der Waals surface area contributed by atoms with Crippen LogP contribution < -0.4 is 44.2 Å². The van der Waals surface area contributed by atoms with Crippen molar-refractivity contribution in [2.45, 2.75) is 199 Å². The molecule has 4 amide bonds. The molecule has 320 valence electrons. The second-order valence-corrected chi connectivity index (χ2v) is 14.9. The van der Waals surface area contributed by atoms with Gasteiger partial charge in [0, 0.05) is 39.0 Å². The first-order valence-electron chi connectivity index (χ1n) is 21.9. The van der Waals surface area contributed by atoms with E-state index in [1.165, 1.54) is 51.4 Å². The molecule has 0 fully saturated rings. The summed E-state index contributed by atoms with van der Waals surface area (Å²) in [4.78, 5) is 59.1. The van der Waals surface area contributed by atoms with Crippen LogP contribution in [0.5, 0.6) is 0 Å². The van der Waals surface area contributed by atoms with Crippen molar-refractivity contribution in [2.24, 2.45) is 32.9 Å². The maximum absolute atomic E-state index is 13.0. The van der Waals surface area contributed by atoms with Gasteiger partial charge in [0.15, 0.2) is 11.9 Å². The molecular weight excluding hydrogens is 697 g/mol. The Morgan fingerprint density at radius 3 is 1.07 bits per heavy atom. The van der Waals surface area contributed by atoms with Gasteiger partial charge in [0.1, 0.15) is 12.1 Å². The molecule has 14 nitrogen and oxygen atoms in total. The van der Waals surface area contributed by atoms with Gasteiger partial charge in [-0.2, -0.15) is 0 Å². The maximum atomic E-state index is 13.0. The zero-order valence-corrected chi connectivity index (χ0v) is 34.9. The number of carbonyl (C=O) groups excluding carboxylic acids is 4. The summed E-state index contributed by atoms with van der Waals surface area (Å²) in [6, 6.07) is -1.20. The van der Waals surface area contributed by atoms with Crippen molar-refractivity contribution in [3.8, 4) is 0 Å². The minimum absolute atomic E-state index is 0.0171. The minimum Gasteiger partial charge on any atom is -0.370 e. The molecule has 2 atom stereocenters. The Bertz CT molecular complexity index is 968. The highest BCUT2D eigenvalue weighted by molar-refractivity contribution is 5.88. The average molecular weight is 779 g/mol.